The second-order valence-electron chi connectivity index (χ2n) is 2.12. The molecule has 7 heteroatoms. The molecule has 7 nitrogen and oxygen atoms in total. The summed E-state index contributed by atoms with van der Waals surface area (Å²) in [5.41, 5.74) is 7.89. The molecule has 0 saturated carbocycles. The fourth-order valence-corrected chi connectivity index (χ4v) is 0.559. The maximum Gasteiger partial charge on any atom is 0.175 e. The minimum absolute atomic E-state index is 0.125. The summed E-state index contributed by atoms with van der Waals surface area (Å²) < 4.78 is 9.74. The summed E-state index contributed by atoms with van der Waals surface area (Å²) in [6.07, 6.45) is -1.44. The zero-order valence-corrected chi connectivity index (χ0v) is 7.17. The van der Waals surface area contributed by atoms with Crippen LogP contribution in [0.1, 0.15) is 0 Å². The fraction of sp³-hybridized carbons (Fsp3) is 1.00. The van der Waals surface area contributed by atoms with Gasteiger partial charge in [-0.1, -0.05) is 5.11 Å². The summed E-state index contributed by atoms with van der Waals surface area (Å²) in [6.45, 7) is 1.13. The van der Waals surface area contributed by atoms with Crippen LogP contribution in [-0.2, 0) is 9.47 Å². The molecule has 0 spiro atoms. The zero-order valence-electron chi connectivity index (χ0n) is 7.17. The summed E-state index contributed by atoms with van der Waals surface area (Å²) in [7, 11) is 0. The van der Waals surface area contributed by atoms with Crippen molar-refractivity contribution >= 4 is 0 Å². The van der Waals surface area contributed by atoms with Crippen LogP contribution in [0.15, 0.2) is 5.11 Å². The van der Waals surface area contributed by atoms with Crippen LogP contribution >= 0.6 is 0 Å². The first-order chi connectivity index (χ1) is 6.27. The molecule has 0 aliphatic heterocycles. The fourth-order valence-electron chi connectivity index (χ4n) is 0.559. The highest BCUT2D eigenvalue weighted by Gasteiger charge is 1.95. The Morgan fingerprint density at radius 1 is 1.23 bits per heavy atom. The summed E-state index contributed by atoms with van der Waals surface area (Å²) in [5, 5.41) is 20.0. The van der Waals surface area contributed by atoms with Gasteiger partial charge in [-0.05, 0) is 5.53 Å². The van der Waals surface area contributed by atoms with E-state index >= 15 is 0 Å². The molecular weight excluding hydrogens is 178 g/mol. The molecule has 0 aliphatic rings. The molecule has 0 saturated heterocycles. The SMILES string of the molecule is [N-]=[N+]=NCCOCCOCC(O)O. The Labute approximate surface area is 75.5 Å². The van der Waals surface area contributed by atoms with Gasteiger partial charge in [0, 0.05) is 11.5 Å². The van der Waals surface area contributed by atoms with Gasteiger partial charge < -0.3 is 19.7 Å². The van der Waals surface area contributed by atoms with Crippen LogP contribution in [0, 0.1) is 0 Å². The van der Waals surface area contributed by atoms with Gasteiger partial charge >= 0.3 is 0 Å². The molecule has 0 aromatic carbocycles. The highest BCUT2D eigenvalue weighted by molar-refractivity contribution is 4.44. The van der Waals surface area contributed by atoms with Crippen molar-refractivity contribution in [3.8, 4) is 0 Å². The van der Waals surface area contributed by atoms with Gasteiger partial charge in [0.15, 0.2) is 6.29 Å². The van der Waals surface area contributed by atoms with Gasteiger partial charge in [0.25, 0.3) is 0 Å². The van der Waals surface area contributed by atoms with Crippen LogP contribution in [0.5, 0.6) is 0 Å². The molecule has 0 aromatic heterocycles. The first-order valence-electron chi connectivity index (χ1n) is 3.80. The standard InChI is InChI=1S/C6H13N3O4/c7-9-8-1-2-12-3-4-13-5-6(10)11/h6,10-11H,1-5H2. The van der Waals surface area contributed by atoms with Gasteiger partial charge in [0.1, 0.15) is 0 Å². The summed E-state index contributed by atoms with van der Waals surface area (Å²) in [4.78, 5) is 2.54. The van der Waals surface area contributed by atoms with Crippen LogP contribution < -0.4 is 0 Å². The third-order valence-corrected chi connectivity index (χ3v) is 1.04. The molecule has 2 N–H and O–H groups in total. The van der Waals surface area contributed by atoms with Gasteiger partial charge in [-0.2, -0.15) is 0 Å². The molecule has 0 radical (unpaired) electrons. The van der Waals surface area contributed by atoms with Crippen molar-refractivity contribution in [1.82, 2.24) is 0 Å². The number of hydrogen-bond donors (Lipinski definition) is 2. The van der Waals surface area contributed by atoms with Gasteiger partial charge in [0.2, 0.25) is 0 Å². The van der Waals surface area contributed by atoms with E-state index < -0.39 is 6.29 Å². The number of rotatable bonds is 8. The van der Waals surface area contributed by atoms with E-state index in [1.807, 2.05) is 0 Å². The van der Waals surface area contributed by atoms with Gasteiger partial charge in [-0.3, -0.25) is 0 Å². The Morgan fingerprint density at radius 3 is 2.54 bits per heavy atom. The number of nitrogens with zero attached hydrogens (tertiary/aromatic N) is 3. The molecule has 0 rings (SSSR count). The normalized spacial score (nSPS) is 10.1. The van der Waals surface area contributed by atoms with Gasteiger partial charge in [-0.25, -0.2) is 0 Å². The lowest BCUT2D eigenvalue weighted by Gasteiger charge is -2.05. The van der Waals surface area contributed by atoms with Crippen LogP contribution in [0.4, 0.5) is 0 Å². The number of aliphatic hydroxyl groups is 2. The summed E-state index contributed by atoms with van der Waals surface area (Å²) in [5.74, 6) is 0. The third-order valence-electron chi connectivity index (χ3n) is 1.04. The minimum atomic E-state index is -1.44. The van der Waals surface area contributed by atoms with Gasteiger partial charge in [0.05, 0.1) is 26.4 Å². The Morgan fingerprint density at radius 2 is 1.92 bits per heavy atom. The van der Waals surface area contributed by atoms with Crippen molar-refractivity contribution in [3.63, 3.8) is 0 Å². The van der Waals surface area contributed by atoms with Crippen LogP contribution in [0.25, 0.3) is 10.4 Å². The molecule has 0 amide bonds. The molecule has 0 bridgehead atoms. The van der Waals surface area contributed by atoms with Crippen molar-refractivity contribution in [3.05, 3.63) is 10.4 Å². The van der Waals surface area contributed by atoms with Crippen molar-refractivity contribution in [2.45, 2.75) is 6.29 Å². The molecule has 13 heavy (non-hydrogen) atoms. The lowest BCUT2D eigenvalue weighted by molar-refractivity contribution is -0.100. The number of ether oxygens (including phenoxy) is 2. The van der Waals surface area contributed by atoms with E-state index in [1.165, 1.54) is 0 Å². The zero-order chi connectivity index (χ0) is 9.94. The first kappa shape index (κ1) is 12.2. The van der Waals surface area contributed by atoms with Crippen molar-refractivity contribution < 1.29 is 19.7 Å². The molecule has 0 atom stereocenters. The topological polar surface area (TPSA) is 108 Å². The summed E-state index contributed by atoms with van der Waals surface area (Å²) >= 11 is 0. The predicted molar refractivity (Wildman–Crippen MR) is 43.9 cm³/mol. The van der Waals surface area contributed by atoms with E-state index in [4.69, 9.17) is 25.2 Å². The Balaban J connectivity index is 2.95. The smallest absolute Gasteiger partial charge is 0.175 e. The number of azide groups is 1. The Kier molecular flexibility index (Phi) is 8.64. The monoisotopic (exact) mass is 191 g/mol. The van der Waals surface area contributed by atoms with Crippen molar-refractivity contribution in [2.75, 3.05) is 33.0 Å². The lowest BCUT2D eigenvalue weighted by atomic mass is 10.6. The van der Waals surface area contributed by atoms with Crippen molar-refractivity contribution in [1.29, 1.82) is 0 Å². The average molecular weight is 191 g/mol. The first-order valence-corrected chi connectivity index (χ1v) is 3.80. The van der Waals surface area contributed by atoms with E-state index in [-0.39, 0.29) is 13.2 Å². The maximum atomic E-state index is 8.36. The highest BCUT2D eigenvalue weighted by atomic mass is 16.6. The average Bonchev–Trinajstić information content (AvgIpc) is 2.09. The Hall–Kier alpha value is -0.850. The largest absolute Gasteiger partial charge is 0.379 e. The molecule has 0 aliphatic carbocycles. The highest BCUT2D eigenvalue weighted by Crippen LogP contribution is 1.82. The quantitative estimate of drug-likeness (QED) is 0.179. The van der Waals surface area contributed by atoms with Crippen molar-refractivity contribution in [2.24, 2.45) is 5.11 Å². The maximum absolute atomic E-state index is 8.36. The molecule has 76 valence electrons. The second-order valence-corrected chi connectivity index (χ2v) is 2.12. The van der Waals surface area contributed by atoms with Gasteiger partial charge in [-0.15, -0.1) is 0 Å². The van der Waals surface area contributed by atoms with Crippen LogP contribution in [0.2, 0.25) is 0 Å². The molecule has 0 unspecified atom stereocenters. The minimum Gasteiger partial charge on any atom is -0.379 e. The molecule has 0 aromatic rings. The number of hydrogen-bond acceptors (Lipinski definition) is 5. The molecule has 0 fully saturated rings. The predicted octanol–water partition coefficient (Wildman–Crippen LogP) is -0.359. The Bertz CT molecular complexity index is 158. The van der Waals surface area contributed by atoms with E-state index in [1.54, 1.807) is 0 Å². The lowest BCUT2D eigenvalue weighted by Crippen LogP contribution is -2.16. The molecular formula is C6H13N3O4. The number of aliphatic hydroxyl groups excluding tert-OH is 1. The van der Waals surface area contributed by atoms with Crippen LogP contribution in [-0.4, -0.2) is 49.5 Å². The van der Waals surface area contributed by atoms with Crippen LogP contribution in [0.3, 0.4) is 0 Å². The van der Waals surface area contributed by atoms with E-state index in [2.05, 4.69) is 10.0 Å². The second kappa shape index (κ2) is 9.24. The van der Waals surface area contributed by atoms with E-state index in [0.717, 1.165) is 0 Å². The molecule has 0 heterocycles. The van der Waals surface area contributed by atoms with E-state index in [0.29, 0.717) is 19.8 Å². The third kappa shape index (κ3) is 11.1. The summed E-state index contributed by atoms with van der Waals surface area (Å²) in [6, 6.07) is 0. The van der Waals surface area contributed by atoms with E-state index in [9.17, 15) is 0 Å².